The quantitative estimate of drug-likeness (QED) is 0.129. The Labute approximate surface area is 148 Å². The summed E-state index contributed by atoms with van der Waals surface area (Å²) in [6.45, 7) is 1.44. The van der Waals surface area contributed by atoms with Crippen molar-refractivity contribution >= 4 is 36.4 Å². The van der Waals surface area contributed by atoms with Crippen LogP contribution in [0.4, 0.5) is 17.6 Å². The Bertz CT molecular complexity index is 1210. The second-order valence-electron chi connectivity index (χ2n) is 5.87. The summed E-state index contributed by atoms with van der Waals surface area (Å²) in [7, 11) is -1.14. The number of carbonyl (C=O) groups is 1. The number of benzene rings is 3. The lowest BCUT2D eigenvalue weighted by Gasteiger charge is -2.00. The third kappa shape index (κ3) is 2.33. The summed E-state index contributed by atoms with van der Waals surface area (Å²) in [5.74, 6) is -6.60. The maximum Gasteiger partial charge on any atom is 0.221 e. The van der Waals surface area contributed by atoms with Crippen molar-refractivity contribution in [3.63, 3.8) is 0 Å². The molecule has 1 unspecified atom stereocenters. The zero-order valence-electron chi connectivity index (χ0n) is 13.4. The Morgan fingerprint density at radius 2 is 1.50 bits per heavy atom. The molecule has 0 radical (unpaired) electrons. The molecule has 1 atom stereocenters. The van der Waals surface area contributed by atoms with Crippen LogP contribution in [0.25, 0.3) is 25.1 Å². The second-order valence-corrected chi connectivity index (χ2v) is 7.80. The second kappa shape index (κ2) is 5.92. The molecule has 26 heavy (non-hydrogen) atoms. The van der Waals surface area contributed by atoms with E-state index in [0.717, 1.165) is 5.39 Å². The Kier molecular flexibility index (Phi) is 3.80. The molecular weight excluding hydrogens is 364 g/mol. The fourth-order valence-electron chi connectivity index (χ4n) is 3.06. The maximum absolute atomic E-state index is 14.5. The van der Waals surface area contributed by atoms with E-state index in [2.05, 4.69) is 0 Å². The van der Waals surface area contributed by atoms with Gasteiger partial charge in [-0.2, -0.15) is 4.39 Å². The molecule has 0 aliphatic carbocycles. The topological polar surface area (TPSA) is 17.1 Å². The van der Waals surface area contributed by atoms with Crippen LogP contribution in [0.3, 0.4) is 0 Å². The van der Waals surface area contributed by atoms with Crippen LogP contribution in [-0.4, -0.2) is 5.78 Å². The number of hydrogen-bond donors (Lipinski definition) is 0. The number of fused-ring (bicyclic) bond motifs is 3. The standard InChI is InChI=1S/C20H11F4OS/c1-10(25)11-6-7-16-13(8-11)12-4-2-3-5-15(12)26(16)17-9-14(21)18(22)20(24)19(17)23/h2-9H,1H3/q+1. The van der Waals surface area contributed by atoms with E-state index in [1.165, 1.54) is 6.92 Å². The summed E-state index contributed by atoms with van der Waals surface area (Å²) in [6, 6.07) is 12.7. The molecule has 1 aromatic heterocycles. The molecule has 0 aliphatic rings. The third-order valence-corrected chi connectivity index (χ3v) is 6.62. The molecule has 0 fully saturated rings. The first-order valence-corrected chi connectivity index (χ1v) is 8.94. The van der Waals surface area contributed by atoms with E-state index in [4.69, 9.17) is 0 Å². The minimum atomic E-state index is -1.82. The molecule has 0 bridgehead atoms. The molecule has 1 heterocycles. The highest BCUT2D eigenvalue weighted by Crippen LogP contribution is 2.50. The first-order valence-electron chi connectivity index (χ1n) is 7.72. The van der Waals surface area contributed by atoms with Crippen molar-refractivity contribution < 1.29 is 22.4 Å². The Balaban J connectivity index is 2.18. The third-order valence-electron chi connectivity index (χ3n) is 4.29. The van der Waals surface area contributed by atoms with Crippen LogP contribution in [0, 0.1) is 23.3 Å². The number of hydrogen-bond acceptors (Lipinski definition) is 1. The van der Waals surface area contributed by atoms with Crippen LogP contribution in [0.5, 0.6) is 0 Å². The van der Waals surface area contributed by atoms with Crippen molar-refractivity contribution in [2.24, 2.45) is 0 Å². The number of halogens is 4. The molecule has 4 rings (SSSR count). The van der Waals surface area contributed by atoms with Crippen LogP contribution in [0.15, 0.2) is 48.5 Å². The Morgan fingerprint density at radius 1 is 0.808 bits per heavy atom. The van der Waals surface area contributed by atoms with Gasteiger partial charge in [-0.25, -0.2) is 13.2 Å². The highest BCUT2D eigenvalue weighted by Gasteiger charge is 2.31. The average molecular weight is 375 g/mol. The van der Waals surface area contributed by atoms with Crippen molar-refractivity contribution in [2.75, 3.05) is 0 Å². The highest BCUT2D eigenvalue weighted by atomic mass is 32.2. The summed E-state index contributed by atoms with van der Waals surface area (Å²) in [6.07, 6.45) is 0. The van der Waals surface area contributed by atoms with Crippen molar-refractivity contribution in [1.82, 2.24) is 0 Å². The lowest BCUT2D eigenvalue weighted by molar-refractivity contribution is 0.101. The van der Waals surface area contributed by atoms with Gasteiger partial charge in [0, 0.05) is 32.9 Å². The van der Waals surface area contributed by atoms with Crippen LogP contribution in [0.2, 0.25) is 0 Å². The SMILES string of the molecule is CC(=O)c1ccc2c(c1)c1ccccc1[s+]2-c1cc(F)c(F)c(F)c1F. The lowest BCUT2D eigenvalue weighted by atomic mass is 10.1. The number of rotatable bonds is 2. The fraction of sp³-hybridized carbons (Fsp3) is 0.0500. The summed E-state index contributed by atoms with van der Waals surface area (Å²) in [4.78, 5) is 11.4. The van der Waals surface area contributed by atoms with Gasteiger partial charge in [0.1, 0.15) is 0 Å². The van der Waals surface area contributed by atoms with E-state index in [0.29, 0.717) is 26.4 Å². The number of Topliss-reactive ketones (excluding diaryl/α,β-unsaturated/α-hetero) is 1. The number of carbonyl (C=O) groups excluding carboxylic acids is 1. The average Bonchev–Trinajstić information content (AvgIpc) is 2.96. The van der Waals surface area contributed by atoms with Crippen molar-refractivity contribution in [2.45, 2.75) is 6.92 Å². The molecule has 0 saturated heterocycles. The fourth-order valence-corrected chi connectivity index (χ4v) is 5.47. The van der Waals surface area contributed by atoms with E-state index in [9.17, 15) is 22.4 Å². The largest absolute Gasteiger partial charge is 0.295 e. The van der Waals surface area contributed by atoms with Gasteiger partial charge in [0.15, 0.2) is 26.8 Å². The van der Waals surface area contributed by atoms with E-state index < -0.39 is 33.7 Å². The van der Waals surface area contributed by atoms with Crippen LogP contribution in [0.1, 0.15) is 17.3 Å². The number of thiophene rings is 1. The van der Waals surface area contributed by atoms with Gasteiger partial charge in [-0.05, 0) is 37.3 Å². The van der Waals surface area contributed by atoms with Crippen LogP contribution < -0.4 is 0 Å². The van der Waals surface area contributed by atoms with Gasteiger partial charge < -0.3 is 0 Å². The first kappa shape index (κ1) is 16.7. The molecule has 1 nitrogen and oxygen atoms in total. The zero-order chi connectivity index (χ0) is 18.6. The van der Waals surface area contributed by atoms with Gasteiger partial charge in [0.25, 0.3) is 0 Å². The Morgan fingerprint density at radius 3 is 2.23 bits per heavy atom. The van der Waals surface area contributed by atoms with Gasteiger partial charge in [0.05, 0.1) is 0 Å². The predicted octanol–water partition coefficient (Wildman–Crippen LogP) is 6.49. The van der Waals surface area contributed by atoms with Gasteiger partial charge in [-0.1, -0.05) is 12.1 Å². The minimum Gasteiger partial charge on any atom is -0.295 e. The summed E-state index contributed by atoms with van der Waals surface area (Å²) >= 11 is 0. The lowest BCUT2D eigenvalue weighted by Crippen LogP contribution is -1.96. The molecule has 130 valence electrons. The van der Waals surface area contributed by atoms with Gasteiger partial charge in [0.2, 0.25) is 16.5 Å². The van der Waals surface area contributed by atoms with Crippen molar-refractivity contribution in [3.05, 3.63) is 77.4 Å². The number of ketones is 1. The first-order chi connectivity index (χ1) is 12.4. The Hall–Kier alpha value is -2.73. The molecular formula is C20H11F4OS+. The molecule has 0 saturated carbocycles. The molecule has 0 N–H and O–H groups in total. The van der Waals surface area contributed by atoms with E-state index >= 15 is 0 Å². The van der Waals surface area contributed by atoms with Crippen molar-refractivity contribution in [1.29, 1.82) is 0 Å². The van der Waals surface area contributed by atoms with E-state index in [-0.39, 0.29) is 10.7 Å². The normalized spacial score (nSPS) is 12.1. The molecule has 3 aromatic carbocycles. The van der Waals surface area contributed by atoms with E-state index in [1.54, 1.807) is 42.5 Å². The smallest absolute Gasteiger partial charge is 0.221 e. The predicted molar refractivity (Wildman–Crippen MR) is 95.1 cm³/mol. The zero-order valence-corrected chi connectivity index (χ0v) is 14.3. The minimum absolute atomic E-state index is 0.123. The van der Waals surface area contributed by atoms with Gasteiger partial charge >= 0.3 is 0 Å². The maximum atomic E-state index is 14.5. The summed E-state index contributed by atoms with van der Waals surface area (Å²) in [5.41, 5.74) is 0.487. The summed E-state index contributed by atoms with van der Waals surface area (Å²) < 4.78 is 56.7. The van der Waals surface area contributed by atoms with E-state index in [1.807, 2.05) is 0 Å². The summed E-state index contributed by atoms with van der Waals surface area (Å²) in [5, 5.41) is 1.47. The molecule has 0 spiro atoms. The molecule has 4 aromatic rings. The molecule has 6 heteroatoms. The van der Waals surface area contributed by atoms with Gasteiger partial charge in [-0.3, -0.25) is 4.79 Å². The highest BCUT2D eigenvalue weighted by molar-refractivity contribution is 7.50. The molecule has 0 aliphatic heterocycles. The monoisotopic (exact) mass is 375 g/mol. The van der Waals surface area contributed by atoms with Gasteiger partial charge in [-0.15, -0.1) is 0 Å². The van der Waals surface area contributed by atoms with Crippen LogP contribution >= 0.6 is 10.5 Å². The molecule has 0 amide bonds. The van der Waals surface area contributed by atoms with Crippen LogP contribution in [-0.2, 0) is 0 Å². The van der Waals surface area contributed by atoms with Crippen molar-refractivity contribution in [3.8, 4) is 4.90 Å².